The Hall–Kier alpha value is -2.92. The molecule has 0 radical (unpaired) electrons. The number of nitro groups is 1. The highest BCUT2D eigenvalue weighted by Crippen LogP contribution is 2.31. The van der Waals surface area contributed by atoms with Crippen LogP contribution >= 0.6 is 0 Å². The summed E-state index contributed by atoms with van der Waals surface area (Å²) >= 11 is 0. The minimum Gasteiger partial charge on any atom is -0.459 e. The van der Waals surface area contributed by atoms with Crippen LogP contribution < -0.4 is 0 Å². The first-order valence-corrected chi connectivity index (χ1v) is 8.32. The van der Waals surface area contributed by atoms with Gasteiger partial charge in [-0.2, -0.15) is 0 Å². The predicted molar refractivity (Wildman–Crippen MR) is 95.1 cm³/mol. The Morgan fingerprint density at radius 1 is 1.00 bits per heavy atom. The zero-order valence-corrected chi connectivity index (χ0v) is 13.7. The molecule has 126 valence electrons. The van der Waals surface area contributed by atoms with Gasteiger partial charge in [0.15, 0.2) is 0 Å². The number of rotatable bonds is 4. The number of furan rings is 1. The zero-order valence-electron chi connectivity index (χ0n) is 13.7. The third-order valence-electron chi connectivity index (χ3n) is 4.62. The molecular formula is C20H18N2O3. The van der Waals surface area contributed by atoms with E-state index in [-0.39, 0.29) is 10.6 Å². The molecule has 2 aromatic carbocycles. The zero-order chi connectivity index (χ0) is 17.2. The topological polar surface area (TPSA) is 59.5 Å². The first-order valence-electron chi connectivity index (χ1n) is 8.32. The Morgan fingerprint density at radius 2 is 1.76 bits per heavy atom. The minimum atomic E-state index is -0.376. The van der Waals surface area contributed by atoms with Crippen LogP contribution in [0, 0.1) is 10.1 Å². The Balaban J connectivity index is 1.52. The molecule has 0 saturated carbocycles. The normalized spacial score (nSPS) is 14.2. The van der Waals surface area contributed by atoms with E-state index < -0.39 is 0 Å². The lowest BCUT2D eigenvalue weighted by molar-refractivity contribution is -0.384. The van der Waals surface area contributed by atoms with Crippen LogP contribution in [0.15, 0.2) is 65.1 Å². The van der Waals surface area contributed by atoms with Crippen LogP contribution in [-0.4, -0.2) is 16.4 Å². The van der Waals surface area contributed by atoms with Crippen molar-refractivity contribution in [2.45, 2.75) is 19.5 Å². The molecule has 0 fully saturated rings. The largest absolute Gasteiger partial charge is 0.459 e. The summed E-state index contributed by atoms with van der Waals surface area (Å²) in [5.74, 6) is 1.37. The van der Waals surface area contributed by atoms with Gasteiger partial charge < -0.3 is 4.42 Å². The van der Waals surface area contributed by atoms with Crippen LogP contribution in [0.4, 0.5) is 5.69 Å². The van der Waals surface area contributed by atoms with Gasteiger partial charge in [-0.05, 0) is 35.7 Å². The minimum absolute atomic E-state index is 0.0651. The number of para-hydroxylation sites is 1. The Labute approximate surface area is 145 Å². The molecule has 1 aromatic heterocycles. The molecule has 4 rings (SSSR count). The van der Waals surface area contributed by atoms with E-state index in [1.165, 1.54) is 17.2 Å². The maximum atomic E-state index is 11.2. The summed E-state index contributed by atoms with van der Waals surface area (Å²) in [6, 6.07) is 18.9. The van der Waals surface area contributed by atoms with Gasteiger partial charge in [0, 0.05) is 19.2 Å². The highest BCUT2D eigenvalue weighted by Gasteiger charge is 2.20. The van der Waals surface area contributed by atoms with E-state index in [4.69, 9.17) is 4.42 Å². The van der Waals surface area contributed by atoms with Crippen LogP contribution in [-0.2, 0) is 19.5 Å². The van der Waals surface area contributed by atoms with Gasteiger partial charge in [-0.3, -0.25) is 15.0 Å². The van der Waals surface area contributed by atoms with Gasteiger partial charge in [-0.1, -0.05) is 36.4 Å². The second kappa shape index (κ2) is 6.53. The van der Waals surface area contributed by atoms with Gasteiger partial charge >= 0.3 is 0 Å². The second-order valence-corrected chi connectivity index (χ2v) is 6.27. The summed E-state index contributed by atoms with van der Waals surface area (Å²) in [5.41, 5.74) is 3.36. The molecule has 1 aliphatic rings. The molecule has 3 aromatic rings. The van der Waals surface area contributed by atoms with Crippen LogP contribution in [0.2, 0.25) is 0 Å². The van der Waals surface area contributed by atoms with E-state index in [0.29, 0.717) is 17.9 Å². The molecule has 0 bridgehead atoms. The van der Waals surface area contributed by atoms with Crippen molar-refractivity contribution in [1.82, 2.24) is 4.90 Å². The van der Waals surface area contributed by atoms with Crippen LogP contribution in [0.25, 0.3) is 11.3 Å². The third kappa shape index (κ3) is 3.19. The van der Waals surface area contributed by atoms with Gasteiger partial charge in [0.2, 0.25) is 0 Å². The fourth-order valence-corrected chi connectivity index (χ4v) is 3.36. The van der Waals surface area contributed by atoms with Crippen molar-refractivity contribution in [3.63, 3.8) is 0 Å². The van der Waals surface area contributed by atoms with E-state index >= 15 is 0 Å². The highest BCUT2D eigenvalue weighted by molar-refractivity contribution is 5.69. The summed E-state index contributed by atoms with van der Waals surface area (Å²) in [7, 11) is 0. The Morgan fingerprint density at radius 3 is 2.60 bits per heavy atom. The van der Waals surface area contributed by atoms with Crippen molar-refractivity contribution in [1.29, 1.82) is 0 Å². The Bertz CT molecular complexity index is 917. The van der Waals surface area contributed by atoms with Crippen LogP contribution in [0.5, 0.6) is 0 Å². The van der Waals surface area contributed by atoms with Crippen LogP contribution in [0.3, 0.4) is 0 Å². The molecule has 0 amide bonds. The first kappa shape index (κ1) is 15.6. The average molecular weight is 334 g/mol. The maximum Gasteiger partial charge on any atom is 0.280 e. The SMILES string of the molecule is O=[N+]([O-])c1ccccc1-c1ccc(CN2CCc3ccccc3C2)o1. The molecule has 0 unspecified atom stereocenters. The van der Waals surface area contributed by atoms with Crippen molar-refractivity contribution in [2.75, 3.05) is 6.54 Å². The predicted octanol–water partition coefficient (Wildman–Crippen LogP) is 4.41. The fourth-order valence-electron chi connectivity index (χ4n) is 3.36. The average Bonchev–Trinajstić information content (AvgIpc) is 3.10. The van der Waals surface area contributed by atoms with E-state index in [0.717, 1.165) is 25.3 Å². The van der Waals surface area contributed by atoms with Gasteiger partial charge in [0.05, 0.1) is 17.0 Å². The molecule has 2 heterocycles. The standard InChI is InChI=1S/C20H18N2O3/c23-22(24)19-8-4-3-7-18(19)20-10-9-17(25-20)14-21-12-11-15-5-1-2-6-16(15)13-21/h1-10H,11-14H2. The molecule has 0 N–H and O–H groups in total. The monoisotopic (exact) mass is 334 g/mol. The summed E-state index contributed by atoms with van der Waals surface area (Å²) in [4.78, 5) is 13.2. The van der Waals surface area contributed by atoms with Crippen molar-refractivity contribution in [3.8, 4) is 11.3 Å². The van der Waals surface area contributed by atoms with Crippen molar-refractivity contribution in [2.24, 2.45) is 0 Å². The smallest absolute Gasteiger partial charge is 0.280 e. The summed E-state index contributed by atoms with van der Waals surface area (Å²) in [6.07, 6.45) is 1.04. The van der Waals surface area contributed by atoms with Gasteiger partial charge in [0.25, 0.3) is 5.69 Å². The van der Waals surface area contributed by atoms with E-state index in [2.05, 4.69) is 29.2 Å². The second-order valence-electron chi connectivity index (χ2n) is 6.27. The van der Waals surface area contributed by atoms with Crippen molar-refractivity contribution in [3.05, 3.63) is 87.7 Å². The molecule has 0 spiro atoms. The molecular weight excluding hydrogens is 316 g/mol. The van der Waals surface area contributed by atoms with Crippen molar-refractivity contribution >= 4 is 5.69 Å². The third-order valence-corrected chi connectivity index (χ3v) is 4.62. The molecule has 0 saturated heterocycles. The van der Waals surface area contributed by atoms with Gasteiger partial charge in [-0.15, -0.1) is 0 Å². The number of nitro benzene ring substituents is 1. The quantitative estimate of drug-likeness (QED) is 0.524. The summed E-state index contributed by atoms with van der Waals surface area (Å²) in [6.45, 7) is 2.59. The number of hydrogen-bond acceptors (Lipinski definition) is 4. The molecule has 0 aliphatic carbocycles. The van der Waals surface area contributed by atoms with E-state index in [1.54, 1.807) is 18.2 Å². The summed E-state index contributed by atoms with van der Waals surface area (Å²) in [5, 5.41) is 11.2. The molecule has 5 nitrogen and oxygen atoms in total. The first-order chi connectivity index (χ1) is 12.2. The lowest BCUT2D eigenvalue weighted by Crippen LogP contribution is -2.29. The number of benzene rings is 2. The van der Waals surface area contributed by atoms with Crippen LogP contribution in [0.1, 0.15) is 16.9 Å². The molecule has 1 aliphatic heterocycles. The highest BCUT2D eigenvalue weighted by atomic mass is 16.6. The Kier molecular flexibility index (Phi) is 4.07. The summed E-state index contributed by atoms with van der Waals surface area (Å²) < 4.78 is 5.91. The number of fused-ring (bicyclic) bond motifs is 1. The lowest BCUT2D eigenvalue weighted by Gasteiger charge is -2.27. The lowest BCUT2D eigenvalue weighted by atomic mass is 10.00. The van der Waals surface area contributed by atoms with E-state index in [1.807, 2.05) is 12.1 Å². The van der Waals surface area contributed by atoms with Gasteiger partial charge in [-0.25, -0.2) is 0 Å². The fraction of sp³-hybridized carbons (Fsp3) is 0.200. The molecule has 25 heavy (non-hydrogen) atoms. The molecule has 5 heteroatoms. The number of hydrogen-bond donors (Lipinski definition) is 0. The molecule has 0 atom stereocenters. The van der Waals surface area contributed by atoms with Gasteiger partial charge in [0.1, 0.15) is 11.5 Å². The van der Waals surface area contributed by atoms with E-state index in [9.17, 15) is 10.1 Å². The number of nitrogens with zero attached hydrogens (tertiary/aromatic N) is 2. The van der Waals surface area contributed by atoms with Crippen molar-refractivity contribution < 1.29 is 9.34 Å². The maximum absolute atomic E-state index is 11.2.